The van der Waals surface area contributed by atoms with Crippen LogP contribution >= 0.6 is 0 Å². The Bertz CT molecular complexity index is 772. The van der Waals surface area contributed by atoms with E-state index in [0.717, 1.165) is 0 Å². The predicted octanol–water partition coefficient (Wildman–Crippen LogP) is 1.03. The van der Waals surface area contributed by atoms with Crippen LogP contribution in [-0.4, -0.2) is 44.6 Å². The van der Waals surface area contributed by atoms with Gasteiger partial charge in [-0.25, -0.2) is 0 Å². The maximum absolute atomic E-state index is 12.7. The largest absolute Gasteiger partial charge is 0.481 e. The lowest BCUT2D eigenvalue weighted by atomic mass is 9.61. The van der Waals surface area contributed by atoms with Crippen molar-refractivity contribution in [2.24, 2.45) is 28.6 Å². The van der Waals surface area contributed by atoms with Gasteiger partial charge in [0.2, 0.25) is 0 Å². The monoisotopic (exact) mass is 346 g/mol. The Labute approximate surface area is 145 Å². The highest BCUT2D eigenvalue weighted by atomic mass is 16.6. The minimum Gasteiger partial charge on any atom is -0.481 e. The van der Waals surface area contributed by atoms with Crippen LogP contribution in [0.15, 0.2) is 24.3 Å². The van der Waals surface area contributed by atoms with E-state index >= 15 is 0 Å². The van der Waals surface area contributed by atoms with Gasteiger partial charge >= 0.3 is 11.9 Å². The third kappa shape index (κ3) is 1.36. The molecule has 5 aliphatic rings. The molecule has 3 N–H and O–H groups in total. The van der Waals surface area contributed by atoms with Crippen LogP contribution < -0.4 is 0 Å². The molecule has 1 aliphatic heterocycles. The van der Waals surface area contributed by atoms with Crippen molar-refractivity contribution in [3.8, 4) is 0 Å². The Morgan fingerprint density at radius 1 is 1.44 bits per heavy atom. The molecule has 4 bridgehead atoms. The quantitative estimate of drug-likeness (QED) is 0.484. The van der Waals surface area contributed by atoms with Crippen LogP contribution in [0.5, 0.6) is 0 Å². The normalized spacial score (nSPS) is 58.0. The summed E-state index contributed by atoms with van der Waals surface area (Å²) in [6, 6.07) is 0. The van der Waals surface area contributed by atoms with Gasteiger partial charge in [-0.2, -0.15) is 0 Å². The molecule has 0 amide bonds. The van der Waals surface area contributed by atoms with Crippen LogP contribution in [-0.2, 0) is 14.3 Å². The molecule has 1 spiro atoms. The van der Waals surface area contributed by atoms with Gasteiger partial charge < -0.3 is 20.1 Å². The van der Waals surface area contributed by atoms with E-state index in [1.165, 1.54) is 0 Å². The fraction of sp³-hybridized carbons (Fsp3) is 0.684. The lowest BCUT2D eigenvalue weighted by Gasteiger charge is -2.44. The Kier molecular flexibility index (Phi) is 2.50. The Balaban J connectivity index is 1.78. The molecule has 25 heavy (non-hydrogen) atoms. The third-order valence-corrected chi connectivity index (χ3v) is 8.12. The number of carbonyl (C=O) groups excluding carboxylic acids is 1. The lowest BCUT2D eigenvalue weighted by Crippen LogP contribution is -2.50. The molecule has 6 heteroatoms. The molecule has 3 saturated carbocycles. The molecular weight excluding hydrogens is 324 g/mol. The second-order valence-corrected chi connectivity index (χ2v) is 8.94. The maximum atomic E-state index is 12.7. The van der Waals surface area contributed by atoms with Gasteiger partial charge in [-0.05, 0) is 49.7 Å². The Morgan fingerprint density at radius 3 is 2.84 bits per heavy atom. The SMILES string of the molecule is C=C1CC23C[C@@]1(O)CCC2C12C=CC(O)C(C)(C(=O)O1)C2C3C(=O)O. The minimum atomic E-state index is -1.27. The molecule has 0 aromatic heterocycles. The van der Waals surface area contributed by atoms with E-state index in [4.69, 9.17) is 4.74 Å². The zero-order valence-corrected chi connectivity index (χ0v) is 14.1. The molecule has 6 nitrogen and oxygen atoms in total. The van der Waals surface area contributed by atoms with E-state index in [1.54, 1.807) is 19.1 Å². The van der Waals surface area contributed by atoms with Gasteiger partial charge in [-0.1, -0.05) is 12.7 Å². The van der Waals surface area contributed by atoms with Gasteiger partial charge in [0.1, 0.15) is 11.0 Å². The highest BCUT2D eigenvalue weighted by Gasteiger charge is 2.83. The van der Waals surface area contributed by atoms with Gasteiger partial charge in [0.25, 0.3) is 0 Å². The van der Waals surface area contributed by atoms with Crippen molar-refractivity contribution in [1.29, 1.82) is 0 Å². The summed E-state index contributed by atoms with van der Waals surface area (Å²) in [5, 5.41) is 31.6. The van der Waals surface area contributed by atoms with Crippen molar-refractivity contribution in [1.82, 2.24) is 0 Å². The number of hydrogen-bond donors (Lipinski definition) is 3. The van der Waals surface area contributed by atoms with E-state index in [2.05, 4.69) is 6.58 Å². The lowest BCUT2D eigenvalue weighted by molar-refractivity contribution is -0.163. The molecule has 5 rings (SSSR count). The second kappa shape index (κ2) is 4.01. The number of aliphatic hydroxyl groups excluding tert-OH is 1. The highest BCUT2D eigenvalue weighted by molar-refractivity contribution is 5.86. The number of carboxylic acid groups (broad SMARTS) is 1. The third-order valence-electron chi connectivity index (χ3n) is 8.12. The van der Waals surface area contributed by atoms with Crippen LogP contribution in [0.4, 0.5) is 0 Å². The summed E-state index contributed by atoms with van der Waals surface area (Å²) in [6.45, 7) is 5.64. The number of ether oxygens (including phenoxy) is 1. The predicted molar refractivity (Wildman–Crippen MR) is 85.2 cm³/mol. The highest BCUT2D eigenvalue weighted by Crippen LogP contribution is 2.77. The van der Waals surface area contributed by atoms with E-state index in [1.807, 2.05) is 0 Å². The molecule has 0 radical (unpaired) electrons. The van der Waals surface area contributed by atoms with Crippen molar-refractivity contribution in [2.45, 2.75) is 49.9 Å². The molecule has 7 unspecified atom stereocenters. The van der Waals surface area contributed by atoms with Crippen molar-refractivity contribution < 1.29 is 29.6 Å². The fourth-order valence-electron chi connectivity index (χ4n) is 7.13. The topological polar surface area (TPSA) is 104 Å². The standard InChI is InChI=1S/C19H22O6/c1-9-7-17-8-18(9,24)5-3-10(17)19-6-4-11(20)16(2,15(23)25-19)13(19)12(17)14(21)22/h4,6,10-13,20,24H,1,3,5,7-8H2,2H3,(H,21,22)/t10?,11?,12?,13?,16?,17?,18-,19?/m0/s1. The first kappa shape index (κ1) is 15.6. The zero-order chi connectivity index (χ0) is 18.0. The minimum absolute atomic E-state index is 0.180. The molecular formula is C19H22O6. The van der Waals surface area contributed by atoms with Crippen molar-refractivity contribution >= 4 is 11.9 Å². The first-order valence-corrected chi connectivity index (χ1v) is 8.86. The molecule has 134 valence electrons. The van der Waals surface area contributed by atoms with E-state index in [0.29, 0.717) is 31.3 Å². The van der Waals surface area contributed by atoms with Crippen LogP contribution in [0.2, 0.25) is 0 Å². The summed E-state index contributed by atoms with van der Waals surface area (Å²) in [5.41, 5.74) is -3.29. The maximum Gasteiger partial charge on any atom is 0.316 e. The average Bonchev–Trinajstić information content (AvgIpc) is 2.95. The summed E-state index contributed by atoms with van der Waals surface area (Å²) in [7, 11) is 0. The Hall–Kier alpha value is -1.66. The molecule has 1 saturated heterocycles. The van der Waals surface area contributed by atoms with Crippen molar-refractivity contribution in [3.63, 3.8) is 0 Å². The van der Waals surface area contributed by atoms with Crippen molar-refractivity contribution in [2.75, 3.05) is 0 Å². The summed E-state index contributed by atoms with van der Waals surface area (Å²) < 4.78 is 5.87. The van der Waals surface area contributed by atoms with E-state index in [9.17, 15) is 24.9 Å². The fourth-order valence-corrected chi connectivity index (χ4v) is 7.13. The number of aliphatic carboxylic acids is 1. The molecule has 8 atom stereocenters. The zero-order valence-electron chi connectivity index (χ0n) is 14.1. The summed E-state index contributed by atoms with van der Waals surface area (Å²) in [4.78, 5) is 25.1. The van der Waals surface area contributed by atoms with Gasteiger partial charge in [0, 0.05) is 11.8 Å². The smallest absolute Gasteiger partial charge is 0.316 e. The van der Waals surface area contributed by atoms with Gasteiger partial charge in [-0.3, -0.25) is 9.59 Å². The van der Waals surface area contributed by atoms with E-state index in [-0.39, 0.29) is 5.92 Å². The first-order chi connectivity index (χ1) is 11.6. The summed E-state index contributed by atoms with van der Waals surface area (Å²) >= 11 is 0. The van der Waals surface area contributed by atoms with Crippen LogP contribution in [0.3, 0.4) is 0 Å². The summed E-state index contributed by atoms with van der Waals surface area (Å²) in [5.74, 6) is -3.18. The number of fused-ring (bicyclic) bond motifs is 1. The molecule has 0 aromatic carbocycles. The summed E-state index contributed by atoms with van der Waals surface area (Å²) in [6.07, 6.45) is 4.11. The number of hydrogen-bond acceptors (Lipinski definition) is 5. The van der Waals surface area contributed by atoms with Gasteiger partial charge in [0.05, 0.1) is 17.6 Å². The van der Waals surface area contributed by atoms with Crippen LogP contribution in [0, 0.1) is 28.6 Å². The number of aliphatic hydroxyl groups is 2. The second-order valence-electron chi connectivity index (χ2n) is 8.94. The van der Waals surface area contributed by atoms with Gasteiger partial charge in [0.15, 0.2) is 0 Å². The molecule has 4 fully saturated rings. The average molecular weight is 346 g/mol. The number of carboxylic acids is 1. The number of rotatable bonds is 1. The van der Waals surface area contributed by atoms with Gasteiger partial charge in [-0.15, -0.1) is 0 Å². The van der Waals surface area contributed by atoms with E-state index < -0.39 is 51.9 Å². The Morgan fingerprint density at radius 2 is 2.16 bits per heavy atom. The van der Waals surface area contributed by atoms with Crippen LogP contribution in [0.25, 0.3) is 0 Å². The van der Waals surface area contributed by atoms with Crippen molar-refractivity contribution in [3.05, 3.63) is 24.3 Å². The number of esters is 1. The van der Waals surface area contributed by atoms with Crippen LogP contribution in [0.1, 0.15) is 32.6 Å². The molecule has 4 aliphatic carbocycles. The molecule has 0 aromatic rings. The number of carbonyl (C=O) groups is 2. The first-order valence-electron chi connectivity index (χ1n) is 8.86. The molecule has 1 heterocycles.